The highest BCUT2D eigenvalue weighted by Gasteiger charge is 2.40. The lowest BCUT2D eigenvalue weighted by atomic mass is 9.91. The minimum absolute atomic E-state index is 0.00921. The molecule has 0 bridgehead atoms. The minimum Gasteiger partial charge on any atom is -0.333 e. The Labute approximate surface area is 132 Å². The number of benzene rings is 1. The Morgan fingerprint density at radius 1 is 1.27 bits per heavy atom. The molecule has 1 amide bonds. The maximum Gasteiger partial charge on any atom is 0.238 e. The first-order valence-corrected chi connectivity index (χ1v) is 9.49. The van der Waals surface area contributed by atoms with Crippen molar-refractivity contribution in [2.75, 3.05) is 25.4 Å². The summed E-state index contributed by atoms with van der Waals surface area (Å²) in [5, 5.41) is 0. The standard InChI is InChI=1S/C16H22N2O3S/c1-2-3-10-22(20,21)17-11-15-14-7-5-4-6-13(14)8-9-18(15)16(19)12-17/h4-7,15H,2-3,8-12H2,1H3/t15-/m1/s1. The molecule has 5 nitrogen and oxygen atoms in total. The fraction of sp³-hybridized carbons (Fsp3) is 0.562. The second-order valence-corrected chi connectivity index (χ2v) is 8.10. The lowest BCUT2D eigenvalue weighted by Gasteiger charge is -2.44. The summed E-state index contributed by atoms with van der Waals surface area (Å²) in [6.45, 7) is 3.03. The number of carbonyl (C=O) groups is 1. The van der Waals surface area contributed by atoms with E-state index in [9.17, 15) is 13.2 Å². The maximum absolute atomic E-state index is 12.4. The zero-order valence-corrected chi connectivity index (χ0v) is 13.7. The molecule has 0 aliphatic carbocycles. The highest BCUT2D eigenvalue weighted by atomic mass is 32.2. The van der Waals surface area contributed by atoms with Gasteiger partial charge in [0.05, 0.1) is 18.3 Å². The number of amides is 1. The third-order valence-corrected chi connectivity index (χ3v) is 6.44. The fourth-order valence-corrected chi connectivity index (χ4v) is 4.90. The number of nitrogens with zero attached hydrogens (tertiary/aromatic N) is 2. The van der Waals surface area contributed by atoms with Crippen molar-refractivity contribution in [2.24, 2.45) is 0 Å². The van der Waals surface area contributed by atoms with Crippen molar-refractivity contribution in [3.8, 4) is 0 Å². The van der Waals surface area contributed by atoms with E-state index in [1.807, 2.05) is 30.0 Å². The molecule has 0 unspecified atom stereocenters. The summed E-state index contributed by atoms with van der Waals surface area (Å²) in [6.07, 6.45) is 2.32. The van der Waals surface area contributed by atoms with Gasteiger partial charge in [0.15, 0.2) is 0 Å². The van der Waals surface area contributed by atoms with E-state index in [0.29, 0.717) is 19.5 Å². The second-order valence-electron chi connectivity index (χ2n) is 6.01. The van der Waals surface area contributed by atoms with Crippen LogP contribution in [-0.2, 0) is 21.2 Å². The molecular formula is C16H22N2O3S. The highest BCUT2D eigenvalue weighted by molar-refractivity contribution is 7.89. The lowest BCUT2D eigenvalue weighted by Crippen LogP contribution is -2.55. The zero-order valence-electron chi connectivity index (χ0n) is 12.9. The predicted molar refractivity (Wildman–Crippen MR) is 84.9 cm³/mol. The third kappa shape index (κ3) is 2.77. The van der Waals surface area contributed by atoms with Crippen LogP contribution in [0.4, 0.5) is 0 Å². The van der Waals surface area contributed by atoms with E-state index in [2.05, 4.69) is 6.07 Å². The summed E-state index contributed by atoms with van der Waals surface area (Å²) in [5.74, 6) is 0.0522. The Balaban J connectivity index is 1.88. The number of unbranched alkanes of at least 4 members (excludes halogenated alkanes) is 1. The van der Waals surface area contributed by atoms with Gasteiger partial charge in [-0.3, -0.25) is 4.79 Å². The van der Waals surface area contributed by atoms with E-state index in [-0.39, 0.29) is 24.2 Å². The first-order chi connectivity index (χ1) is 10.5. The van der Waals surface area contributed by atoms with Gasteiger partial charge in [0.25, 0.3) is 0 Å². The molecule has 0 aromatic heterocycles. The Kier molecular flexibility index (Phi) is 4.23. The van der Waals surface area contributed by atoms with Crippen molar-refractivity contribution in [3.63, 3.8) is 0 Å². The first-order valence-electron chi connectivity index (χ1n) is 7.88. The molecular weight excluding hydrogens is 300 g/mol. The summed E-state index contributed by atoms with van der Waals surface area (Å²) >= 11 is 0. The van der Waals surface area contributed by atoms with Crippen LogP contribution in [0.25, 0.3) is 0 Å². The van der Waals surface area contributed by atoms with Gasteiger partial charge in [-0.1, -0.05) is 37.6 Å². The average Bonchev–Trinajstić information content (AvgIpc) is 2.52. The van der Waals surface area contributed by atoms with E-state index in [0.717, 1.165) is 18.4 Å². The topological polar surface area (TPSA) is 57.7 Å². The number of piperazine rings is 1. The van der Waals surface area contributed by atoms with E-state index < -0.39 is 10.0 Å². The molecule has 0 radical (unpaired) electrons. The van der Waals surface area contributed by atoms with Crippen LogP contribution in [0.2, 0.25) is 0 Å². The van der Waals surface area contributed by atoms with Gasteiger partial charge in [-0.15, -0.1) is 0 Å². The van der Waals surface area contributed by atoms with E-state index in [4.69, 9.17) is 0 Å². The summed E-state index contributed by atoms with van der Waals surface area (Å²) in [6, 6.07) is 7.90. The Bertz CT molecular complexity index is 672. The van der Waals surface area contributed by atoms with Gasteiger partial charge in [0.2, 0.25) is 15.9 Å². The van der Waals surface area contributed by atoms with Crippen LogP contribution in [0.15, 0.2) is 24.3 Å². The molecule has 1 aromatic carbocycles. The van der Waals surface area contributed by atoms with Crippen molar-refractivity contribution in [3.05, 3.63) is 35.4 Å². The van der Waals surface area contributed by atoms with Crippen molar-refractivity contribution >= 4 is 15.9 Å². The average molecular weight is 322 g/mol. The van der Waals surface area contributed by atoms with Crippen molar-refractivity contribution < 1.29 is 13.2 Å². The van der Waals surface area contributed by atoms with Gasteiger partial charge in [0.1, 0.15) is 0 Å². The summed E-state index contributed by atoms with van der Waals surface area (Å²) in [5.41, 5.74) is 2.32. The number of rotatable bonds is 4. The molecule has 1 atom stereocenters. The number of sulfonamides is 1. The molecule has 0 N–H and O–H groups in total. The highest BCUT2D eigenvalue weighted by Crippen LogP contribution is 2.33. The molecule has 1 saturated heterocycles. The van der Waals surface area contributed by atoms with Gasteiger partial charge in [-0.25, -0.2) is 8.42 Å². The maximum atomic E-state index is 12.4. The Morgan fingerprint density at radius 2 is 2.05 bits per heavy atom. The van der Waals surface area contributed by atoms with Crippen LogP contribution >= 0.6 is 0 Å². The quantitative estimate of drug-likeness (QED) is 0.845. The zero-order chi connectivity index (χ0) is 15.7. The molecule has 120 valence electrons. The Hall–Kier alpha value is -1.40. The fourth-order valence-electron chi connectivity index (χ4n) is 3.31. The molecule has 6 heteroatoms. The molecule has 3 rings (SSSR count). The van der Waals surface area contributed by atoms with Gasteiger partial charge in [-0.2, -0.15) is 4.31 Å². The summed E-state index contributed by atoms with van der Waals surface area (Å²) < 4.78 is 26.2. The van der Waals surface area contributed by atoms with Gasteiger partial charge in [-0.05, 0) is 24.0 Å². The van der Waals surface area contributed by atoms with Gasteiger partial charge < -0.3 is 4.90 Å². The number of hydrogen-bond acceptors (Lipinski definition) is 3. The van der Waals surface area contributed by atoms with Crippen LogP contribution in [0, 0.1) is 0 Å². The van der Waals surface area contributed by atoms with E-state index in [1.165, 1.54) is 9.87 Å². The second kappa shape index (κ2) is 6.01. The third-order valence-electron chi connectivity index (χ3n) is 4.57. The van der Waals surface area contributed by atoms with Gasteiger partial charge in [0, 0.05) is 13.1 Å². The number of carbonyl (C=O) groups excluding carboxylic acids is 1. The molecule has 1 fully saturated rings. The molecule has 2 aliphatic heterocycles. The van der Waals surface area contributed by atoms with Crippen LogP contribution in [0.5, 0.6) is 0 Å². The Morgan fingerprint density at radius 3 is 2.82 bits per heavy atom. The largest absolute Gasteiger partial charge is 0.333 e. The minimum atomic E-state index is -3.35. The first kappa shape index (κ1) is 15.5. The molecule has 22 heavy (non-hydrogen) atoms. The number of hydrogen-bond donors (Lipinski definition) is 0. The van der Waals surface area contributed by atoms with Crippen molar-refractivity contribution in [1.29, 1.82) is 0 Å². The van der Waals surface area contributed by atoms with Crippen LogP contribution in [-0.4, -0.2) is 48.9 Å². The van der Waals surface area contributed by atoms with E-state index in [1.54, 1.807) is 0 Å². The van der Waals surface area contributed by atoms with Crippen molar-refractivity contribution in [1.82, 2.24) is 9.21 Å². The van der Waals surface area contributed by atoms with Crippen LogP contribution in [0.3, 0.4) is 0 Å². The smallest absolute Gasteiger partial charge is 0.238 e. The molecule has 0 saturated carbocycles. The lowest BCUT2D eigenvalue weighted by molar-refractivity contribution is -0.138. The molecule has 2 aliphatic rings. The predicted octanol–water partition coefficient (Wildman–Crippen LogP) is 1.56. The van der Waals surface area contributed by atoms with E-state index >= 15 is 0 Å². The molecule has 0 spiro atoms. The molecule has 1 aromatic rings. The van der Waals surface area contributed by atoms with Crippen LogP contribution < -0.4 is 0 Å². The van der Waals surface area contributed by atoms with Crippen LogP contribution in [0.1, 0.15) is 36.9 Å². The normalized spacial score (nSPS) is 22.3. The summed E-state index contributed by atoms with van der Waals surface area (Å²) in [7, 11) is -3.35. The monoisotopic (exact) mass is 322 g/mol. The van der Waals surface area contributed by atoms with Crippen molar-refractivity contribution in [2.45, 2.75) is 32.2 Å². The SMILES string of the molecule is CCCCS(=O)(=O)N1CC(=O)N2CCc3ccccc3[C@H]2C1. The van der Waals surface area contributed by atoms with Gasteiger partial charge >= 0.3 is 0 Å². The number of fused-ring (bicyclic) bond motifs is 3. The summed E-state index contributed by atoms with van der Waals surface area (Å²) in [4.78, 5) is 14.2. The molecule has 2 heterocycles.